The van der Waals surface area contributed by atoms with Crippen molar-refractivity contribution in [2.75, 3.05) is 6.61 Å². The van der Waals surface area contributed by atoms with Crippen LogP contribution in [0.2, 0.25) is 5.02 Å². The summed E-state index contributed by atoms with van der Waals surface area (Å²) in [6, 6.07) is 15.5. The summed E-state index contributed by atoms with van der Waals surface area (Å²) in [6.45, 7) is -0.108. The SMILES string of the molecule is OCC1CC(O)CC(c2ccc(Cl)c(Cc3nnc(-c4cc5ccccc5o4)s3)c2)O1. The standard InChI is InChI=1S/C23H21ClN2O4S/c24-18-6-5-14(20-11-16(28)10-17(12-27)29-20)7-15(18)9-22-25-26-23(31-22)21-8-13-3-1-2-4-19(13)30-21/h1-8,16-17,20,27-28H,9-12H2. The van der Waals surface area contributed by atoms with Crippen LogP contribution >= 0.6 is 22.9 Å². The Kier molecular flexibility index (Phi) is 5.77. The van der Waals surface area contributed by atoms with Crippen LogP contribution in [0.4, 0.5) is 0 Å². The number of hydrogen-bond acceptors (Lipinski definition) is 7. The molecule has 0 spiro atoms. The minimum absolute atomic E-state index is 0.108. The molecule has 1 aliphatic heterocycles. The van der Waals surface area contributed by atoms with E-state index in [1.807, 2.05) is 48.5 Å². The van der Waals surface area contributed by atoms with Gasteiger partial charge in [0.25, 0.3) is 0 Å². The highest BCUT2D eigenvalue weighted by molar-refractivity contribution is 7.14. The topological polar surface area (TPSA) is 88.6 Å². The van der Waals surface area contributed by atoms with Crippen LogP contribution in [0.25, 0.3) is 21.7 Å². The van der Waals surface area contributed by atoms with Gasteiger partial charge in [0.2, 0.25) is 0 Å². The molecule has 0 bridgehead atoms. The molecule has 2 aromatic heterocycles. The zero-order chi connectivity index (χ0) is 21.4. The van der Waals surface area contributed by atoms with Crippen molar-refractivity contribution in [3.8, 4) is 10.8 Å². The average molecular weight is 457 g/mol. The van der Waals surface area contributed by atoms with Crippen molar-refractivity contribution in [1.82, 2.24) is 10.2 Å². The molecule has 160 valence electrons. The molecule has 3 heterocycles. The first-order valence-corrected chi connectivity index (χ1v) is 11.3. The van der Waals surface area contributed by atoms with E-state index in [2.05, 4.69) is 10.2 Å². The van der Waals surface area contributed by atoms with E-state index in [1.165, 1.54) is 11.3 Å². The van der Waals surface area contributed by atoms with Gasteiger partial charge in [0.15, 0.2) is 10.8 Å². The highest BCUT2D eigenvalue weighted by Gasteiger charge is 2.29. The van der Waals surface area contributed by atoms with E-state index in [-0.39, 0.29) is 18.8 Å². The maximum Gasteiger partial charge on any atom is 0.183 e. The van der Waals surface area contributed by atoms with E-state index < -0.39 is 6.10 Å². The fourth-order valence-electron chi connectivity index (χ4n) is 3.93. The number of aliphatic hydroxyl groups excluding tert-OH is 2. The second kappa shape index (κ2) is 8.68. The van der Waals surface area contributed by atoms with Crippen LogP contribution in [0.15, 0.2) is 52.9 Å². The molecule has 3 unspecified atom stereocenters. The lowest BCUT2D eigenvalue weighted by Crippen LogP contribution is -2.33. The van der Waals surface area contributed by atoms with Crippen molar-refractivity contribution >= 4 is 33.9 Å². The molecule has 1 saturated heterocycles. The van der Waals surface area contributed by atoms with Crippen LogP contribution in [-0.2, 0) is 11.2 Å². The first-order chi connectivity index (χ1) is 15.1. The van der Waals surface area contributed by atoms with E-state index in [9.17, 15) is 10.2 Å². The Morgan fingerprint density at radius 1 is 1.10 bits per heavy atom. The van der Waals surface area contributed by atoms with Gasteiger partial charge in [0.05, 0.1) is 24.9 Å². The number of para-hydroxylation sites is 1. The molecule has 1 fully saturated rings. The molecule has 0 saturated carbocycles. The van der Waals surface area contributed by atoms with Gasteiger partial charge in [-0.1, -0.05) is 53.3 Å². The normalized spacial score (nSPS) is 21.6. The van der Waals surface area contributed by atoms with E-state index in [1.54, 1.807) is 0 Å². The first kappa shape index (κ1) is 20.6. The summed E-state index contributed by atoms with van der Waals surface area (Å²) in [6.07, 6.45) is 0.336. The number of halogens is 1. The zero-order valence-electron chi connectivity index (χ0n) is 16.6. The van der Waals surface area contributed by atoms with E-state index in [0.29, 0.717) is 30.0 Å². The van der Waals surface area contributed by atoms with Gasteiger partial charge >= 0.3 is 0 Å². The second-order valence-electron chi connectivity index (χ2n) is 7.73. The van der Waals surface area contributed by atoms with Gasteiger partial charge in [-0.05, 0) is 29.3 Å². The highest BCUT2D eigenvalue weighted by Crippen LogP contribution is 2.35. The number of hydrogen-bond donors (Lipinski definition) is 2. The molecular weight excluding hydrogens is 436 g/mol. The monoisotopic (exact) mass is 456 g/mol. The summed E-state index contributed by atoms with van der Waals surface area (Å²) in [5.74, 6) is 0.699. The Hall–Kier alpha value is -2.29. The van der Waals surface area contributed by atoms with Gasteiger partial charge < -0.3 is 19.4 Å². The molecule has 4 aromatic rings. The van der Waals surface area contributed by atoms with Gasteiger partial charge in [-0.3, -0.25) is 0 Å². The van der Waals surface area contributed by atoms with Gasteiger partial charge in [0.1, 0.15) is 10.6 Å². The van der Waals surface area contributed by atoms with E-state index in [0.717, 1.165) is 32.1 Å². The number of furan rings is 1. The van der Waals surface area contributed by atoms with Crippen LogP contribution in [-0.4, -0.2) is 39.2 Å². The number of benzene rings is 2. The quantitative estimate of drug-likeness (QED) is 0.449. The molecule has 6 nitrogen and oxygen atoms in total. The van der Waals surface area contributed by atoms with E-state index >= 15 is 0 Å². The van der Waals surface area contributed by atoms with Crippen molar-refractivity contribution in [3.05, 3.63) is 69.7 Å². The minimum atomic E-state index is -0.496. The van der Waals surface area contributed by atoms with Gasteiger partial charge in [-0.15, -0.1) is 10.2 Å². The summed E-state index contributed by atoms with van der Waals surface area (Å²) in [5.41, 5.74) is 2.66. The molecule has 1 aliphatic rings. The number of nitrogens with zero attached hydrogens (tertiary/aromatic N) is 2. The smallest absolute Gasteiger partial charge is 0.183 e. The lowest BCUT2D eigenvalue weighted by atomic mass is 9.95. The molecule has 2 N–H and O–H groups in total. The van der Waals surface area contributed by atoms with Gasteiger partial charge in [0, 0.05) is 29.7 Å². The Labute approximate surface area is 188 Å². The third-order valence-corrected chi connectivity index (χ3v) is 6.77. The van der Waals surface area contributed by atoms with Crippen LogP contribution in [0.1, 0.15) is 35.1 Å². The largest absolute Gasteiger partial charge is 0.453 e. The van der Waals surface area contributed by atoms with Crippen LogP contribution < -0.4 is 0 Å². The number of aliphatic hydroxyl groups is 2. The fraction of sp³-hybridized carbons (Fsp3) is 0.304. The average Bonchev–Trinajstić information content (AvgIpc) is 3.41. The van der Waals surface area contributed by atoms with Crippen LogP contribution in [0, 0.1) is 0 Å². The maximum absolute atomic E-state index is 10.1. The Morgan fingerprint density at radius 3 is 2.81 bits per heavy atom. The summed E-state index contributed by atoms with van der Waals surface area (Å²) < 4.78 is 11.8. The van der Waals surface area contributed by atoms with E-state index in [4.69, 9.17) is 20.8 Å². The summed E-state index contributed by atoms with van der Waals surface area (Å²) >= 11 is 7.93. The lowest BCUT2D eigenvalue weighted by Gasteiger charge is -2.32. The Bertz CT molecular complexity index is 1170. The molecule has 8 heteroatoms. The van der Waals surface area contributed by atoms with Crippen LogP contribution in [0.3, 0.4) is 0 Å². The predicted octanol–water partition coefficient (Wildman–Crippen LogP) is 4.77. The minimum Gasteiger partial charge on any atom is -0.453 e. The third kappa shape index (κ3) is 4.37. The highest BCUT2D eigenvalue weighted by atomic mass is 35.5. The first-order valence-electron chi connectivity index (χ1n) is 10.1. The molecule has 5 rings (SSSR count). The lowest BCUT2D eigenvalue weighted by molar-refractivity contribution is -0.113. The molecule has 3 atom stereocenters. The number of aromatic nitrogens is 2. The van der Waals surface area contributed by atoms with Gasteiger partial charge in [-0.2, -0.15) is 0 Å². The number of ether oxygens (including phenoxy) is 1. The fourth-order valence-corrected chi connectivity index (χ4v) is 4.93. The van der Waals surface area contributed by atoms with Crippen molar-refractivity contribution in [2.24, 2.45) is 0 Å². The Balaban J connectivity index is 1.37. The van der Waals surface area contributed by atoms with Crippen molar-refractivity contribution in [1.29, 1.82) is 0 Å². The predicted molar refractivity (Wildman–Crippen MR) is 119 cm³/mol. The van der Waals surface area contributed by atoms with Crippen LogP contribution in [0.5, 0.6) is 0 Å². The van der Waals surface area contributed by atoms with Crippen molar-refractivity contribution in [2.45, 2.75) is 37.6 Å². The van der Waals surface area contributed by atoms with Gasteiger partial charge in [-0.25, -0.2) is 0 Å². The molecule has 0 amide bonds. The molecule has 0 aliphatic carbocycles. The summed E-state index contributed by atoms with van der Waals surface area (Å²) in [5, 5.41) is 31.4. The zero-order valence-corrected chi connectivity index (χ0v) is 18.1. The summed E-state index contributed by atoms with van der Waals surface area (Å²) in [4.78, 5) is 0. The Morgan fingerprint density at radius 2 is 1.97 bits per heavy atom. The molecule has 0 radical (unpaired) electrons. The molecule has 31 heavy (non-hydrogen) atoms. The summed E-state index contributed by atoms with van der Waals surface area (Å²) in [7, 11) is 0. The third-order valence-electron chi connectivity index (χ3n) is 5.47. The molecule has 2 aromatic carbocycles. The number of rotatable bonds is 5. The van der Waals surface area contributed by atoms with Crippen molar-refractivity contribution < 1.29 is 19.4 Å². The number of fused-ring (bicyclic) bond motifs is 1. The maximum atomic E-state index is 10.1. The molecular formula is C23H21ClN2O4S. The van der Waals surface area contributed by atoms with Crippen molar-refractivity contribution in [3.63, 3.8) is 0 Å². The second-order valence-corrected chi connectivity index (χ2v) is 9.20.